The molecule has 0 saturated carbocycles. The fourth-order valence-corrected chi connectivity index (χ4v) is 3.97. The standard InChI is InChI=1S/C14H17ClN2OS/c1-18-11-2-3-13-12(8-11)16-14(9-15)17(13)10-4-6-19-7-5-10/h2-3,8,10H,4-7,9H2,1H3. The van der Waals surface area contributed by atoms with Crippen LogP contribution >= 0.6 is 23.4 Å². The Morgan fingerprint density at radius 3 is 2.89 bits per heavy atom. The van der Waals surface area contributed by atoms with Crippen LogP contribution in [0.2, 0.25) is 0 Å². The summed E-state index contributed by atoms with van der Waals surface area (Å²) < 4.78 is 7.60. The fourth-order valence-electron chi connectivity index (χ4n) is 2.70. The Bertz CT molecular complexity index is 578. The van der Waals surface area contributed by atoms with Crippen molar-refractivity contribution in [3.05, 3.63) is 24.0 Å². The molecule has 3 rings (SSSR count). The highest BCUT2D eigenvalue weighted by molar-refractivity contribution is 7.99. The van der Waals surface area contributed by atoms with Crippen molar-refractivity contribution in [2.45, 2.75) is 24.8 Å². The van der Waals surface area contributed by atoms with E-state index in [1.807, 2.05) is 23.9 Å². The number of aromatic nitrogens is 2. The van der Waals surface area contributed by atoms with Crippen LogP contribution in [-0.4, -0.2) is 28.2 Å². The SMILES string of the molecule is COc1ccc2c(c1)nc(CCl)n2C1CCSCC1. The molecule has 102 valence electrons. The highest BCUT2D eigenvalue weighted by Crippen LogP contribution is 2.33. The first-order valence-electron chi connectivity index (χ1n) is 6.52. The minimum atomic E-state index is 0.459. The van der Waals surface area contributed by atoms with Crippen LogP contribution < -0.4 is 4.74 Å². The van der Waals surface area contributed by atoms with Gasteiger partial charge in [0.05, 0.1) is 24.0 Å². The summed E-state index contributed by atoms with van der Waals surface area (Å²) in [6.45, 7) is 0. The number of thioether (sulfide) groups is 1. The summed E-state index contributed by atoms with van der Waals surface area (Å²) in [7, 11) is 1.68. The smallest absolute Gasteiger partial charge is 0.125 e. The second-order valence-corrected chi connectivity index (χ2v) is 6.22. The minimum Gasteiger partial charge on any atom is -0.497 e. The minimum absolute atomic E-state index is 0.459. The number of benzene rings is 1. The van der Waals surface area contributed by atoms with Gasteiger partial charge in [0.15, 0.2) is 0 Å². The topological polar surface area (TPSA) is 27.1 Å². The van der Waals surface area contributed by atoms with E-state index in [1.165, 1.54) is 29.9 Å². The van der Waals surface area contributed by atoms with Crippen LogP contribution in [0.1, 0.15) is 24.7 Å². The maximum Gasteiger partial charge on any atom is 0.125 e. The molecule has 1 saturated heterocycles. The van der Waals surface area contributed by atoms with E-state index in [-0.39, 0.29) is 0 Å². The molecular weight excluding hydrogens is 280 g/mol. The molecule has 0 N–H and O–H groups in total. The Morgan fingerprint density at radius 2 is 2.21 bits per heavy atom. The molecule has 1 aromatic heterocycles. The van der Waals surface area contributed by atoms with Crippen LogP contribution in [0.4, 0.5) is 0 Å². The summed E-state index contributed by atoms with van der Waals surface area (Å²) >= 11 is 8.11. The molecule has 1 aliphatic heterocycles. The first kappa shape index (κ1) is 13.1. The molecule has 1 aromatic carbocycles. The predicted octanol–water partition coefficient (Wildman–Crippen LogP) is 3.85. The molecule has 3 nitrogen and oxygen atoms in total. The highest BCUT2D eigenvalue weighted by atomic mass is 35.5. The van der Waals surface area contributed by atoms with Gasteiger partial charge in [0.25, 0.3) is 0 Å². The summed E-state index contributed by atoms with van der Waals surface area (Å²) in [6.07, 6.45) is 2.40. The lowest BCUT2D eigenvalue weighted by molar-refractivity contribution is 0.415. The summed E-state index contributed by atoms with van der Waals surface area (Å²) in [5.74, 6) is 4.73. The quantitative estimate of drug-likeness (QED) is 0.805. The summed E-state index contributed by atoms with van der Waals surface area (Å²) in [6, 6.07) is 6.61. The molecule has 19 heavy (non-hydrogen) atoms. The summed E-state index contributed by atoms with van der Waals surface area (Å²) in [4.78, 5) is 4.66. The van der Waals surface area contributed by atoms with Gasteiger partial charge in [-0.15, -0.1) is 11.6 Å². The number of methoxy groups -OCH3 is 1. The van der Waals surface area contributed by atoms with Gasteiger partial charge < -0.3 is 9.30 Å². The molecule has 5 heteroatoms. The van der Waals surface area contributed by atoms with Crippen LogP contribution in [0.15, 0.2) is 18.2 Å². The van der Waals surface area contributed by atoms with Gasteiger partial charge in [-0.25, -0.2) is 4.98 Å². The van der Waals surface area contributed by atoms with Crippen LogP contribution in [0.5, 0.6) is 5.75 Å². The predicted molar refractivity (Wildman–Crippen MR) is 81.4 cm³/mol. The lowest BCUT2D eigenvalue weighted by Crippen LogP contribution is -2.17. The van der Waals surface area contributed by atoms with Gasteiger partial charge in [-0.05, 0) is 36.5 Å². The number of nitrogens with zero attached hydrogens (tertiary/aromatic N) is 2. The number of fused-ring (bicyclic) bond motifs is 1. The second-order valence-electron chi connectivity index (χ2n) is 4.73. The van der Waals surface area contributed by atoms with Gasteiger partial charge in [-0.1, -0.05) is 0 Å². The van der Waals surface area contributed by atoms with E-state index in [1.54, 1.807) is 7.11 Å². The first-order valence-corrected chi connectivity index (χ1v) is 8.21. The zero-order valence-electron chi connectivity index (χ0n) is 10.9. The number of imidazole rings is 1. The Labute approximate surface area is 122 Å². The van der Waals surface area contributed by atoms with Crippen molar-refractivity contribution >= 4 is 34.4 Å². The largest absolute Gasteiger partial charge is 0.497 e. The molecule has 0 aliphatic carbocycles. The van der Waals surface area contributed by atoms with E-state index in [2.05, 4.69) is 15.6 Å². The molecule has 0 bridgehead atoms. The molecule has 0 amide bonds. The van der Waals surface area contributed by atoms with Crippen molar-refractivity contribution in [2.75, 3.05) is 18.6 Å². The maximum atomic E-state index is 6.08. The van der Waals surface area contributed by atoms with Crippen molar-refractivity contribution in [2.24, 2.45) is 0 Å². The molecule has 2 heterocycles. The zero-order valence-corrected chi connectivity index (χ0v) is 12.5. The average molecular weight is 297 g/mol. The van der Waals surface area contributed by atoms with E-state index in [0.717, 1.165) is 17.1 Å². The molecule has 0 atom stereocenters. The van der Waals surface area contributed by atoms with Crippen molar-refractivity contribution in [1.29, 1.82) is 0 Å². The lowest BCUT2D eigenvalue weighted by atomic mass is 10.1. The molecule has 1 aliphatic rings. The third kappa shape index (κ3) is 2.43. The van der Waals surface area contributed by atoms with Crippen molar-refractivity contribution in [3.63, 3.8) is 0 Å². The molecule has 2 aromatic rings. The first-order chi connectivity index (χ1) is 9.33. The number of hydrogen-bond donors (Lipinski definition) is 0. The zero-order chi connectivity index (χ0) is 13.2. The Morgan fingerprint density at radius 1 is 1.42 bits per heavy atom. The van der Waals surface area contributed by atoms with Crippen molar-refractivity contribution in [1.82, 2.24) is 9.55 Å². The van der Waals surface area contributed by atoms with E-state index in [4.69, 9.17) is 16.3 Å². The van der Waals surface area contributed by atoms with Crippen molar-refractivity contribution < 1.29 is 4.74 Å². The van der Waals surface area contributed by atoms with Crippen LogP contribution in [0, 0.1) is 0 Å². The Balaban J connectivity index is 2.09. The van der Waals surface area contributed by atoms with E-state index in [0.29, 0.717) is 11.9 Å². The van der Waals surface area contributed by atoms with Gasteiger partial charge in [0.1, 0.15) is 11.6 Å². The Kier molecular flexibility index (Phi) is 3.89. The number of hydrogen-bond acceptors (Lipinski definition) is 3. The molecular formula is C14H17ClN2OS. The monoisotopic (exact) mass is 296 g/mol. The third-order valence-corrected chi connectivity index (χ3v) is 4.93. The normalized spacial score (nSPS) is 16.9. The van der Waals surface area contributed by atoms with Gasteiger partial charge in [-0.3, -0.25) is 0 Å². The Hall–Kier alpha value is -0.870. The average Bonchev–Trinajstić information content (AvgIpc) is 2.85. The van der Waals surface area contributed by atoms with Crippen LogP contribution in [-0.2, 0) is 5.88 Å². The fraction of sp³-hybridized carbons (Fsp3) is 0.500. The molecule has 0 spiro atoms. The van der Waals surface area contributed by atoms with Gasteiger partial charge >= 0.3 is 0 Å². The number of halogens is 1. The third-order valence-electron chi connectivity index (χ3n) is 3.65. The van der Waals surface area contributed by atoms with Gasteiger partial charge in [-0.2, -0.15) is 11.8 Å². The van der Waals surface area contributed by atoms with E-state index in [9.17, 15) is 0 Å². The van der Waals surface area contributed by atoms with E-state index < -0.39 is 0 Å². The van der Waals surface area contributed by atoms with E-state index >= 15 is 0 Å². The number of ether oxygens (including phenoxy) is 1. The lowest BCUT2D eigenvalue weighted by Gasteiger charge is -2.25. The number of rotatable bonds is 3. The second kappa shape index (κ2) is 5.63. The maximum absolute atomic E-state index is 6.08. The molecule has 0 radical (unpaired) electrons. The molecule has 1 fully saturated rings. The van der Waals surface area contributed by atoms with Gasteiger partial charge in [0, 0.05) is 12.1 Å². The van der Waals surface area contributed by atoms with Crippen molar-refractivity contribution in [3.8, 4) is 5.75 Å². The van der Waals surface area contributed by atoms with Crippen LogP contribution in [0.25, 0.3) is 11.0 Å². The molecule has 0 unspecified atom stereocenters. The number of alkyl halides is 1. The van der Waals surface area contributed by atoms with Gasteiger partial charge in [0.2, 0.25) is 0 Å². The summed E-state index contributed by atoms with van der Waals surface area (Å²) in [5, 5.41) is 0. The summed E-state index contributed by atoms with van der Waals surface area (Å²) in [5.41, 5.74) is 2.15. The highest BCUT2D eigenvalue weighted by Gasteiger charge is 2.21. The van der Waals surface area contributed by atoms with Crippen LogP contribution in [0.3, 0.4) is 0 Å².